The molecule has 132 valence electrons. The zero-order valence-electron chi connectivity index (χ0n) is 14.4. The Kier molecular flexibility index (Phi) is 5.90. The third kappa shape index (κ3) is 4.73. The van der Waals surface area contributed by atoms with Gasteiger partial charge in [-0.1, -0.05) is 42.5 Å². The summed E-state index contributed by atoms with van der Waals surface area (Å²) in [7, 11) is 1.59. The van der Waals surface area contributed by atoms with Gasteiger partial charge in [0, 0.05) is 0 Å². The molecule has 2 N–H and O–H groups in total. The number of anilines is 1. The highest BCUT2D eigenvalue weighted by Gasteiger charge is 2.29. The van der Waals surface area contributed by atoms with Crippen molar-refractivity contribution < 1.29 is 14.3 Å². The Balaban J connectivity index is 1.53. The molecule has 5 nitrogen and oxygen atoms in total. The predicted octanol–water partition coefficient (Wildman–Crippen LogP) is 3.95. The average Bonchev–Trinajstić information content (AvgIpc) is 3.08. The topological polar surface area (TPSA) is 59.6 Å². The fourth-order valence-electron chi connectivity index (χ4n) is 3.14. The van der Waals surface area contributed by atoms with Gasteiger partial charge in [-0.2, -0.15) is 0 Å². The maximum atomic E-state index is 12.3. The van der Waals surface area contributed by atoms with Gasteiger partial charge in [-0.15, -0.1) is 0 Å². The first kappa shape index (κ1) is 17.3. The van der Waals surface area contributed by atoms with Gasteiger partial charge >= 0.3 is 6.03 Å². The number of hydrogen-bond acceptors (Lipinski definition) is 3. The first-order valence-corrected chi connectivity index (χ1v) is 8.62. The van der Waals surface area contributed by atoms with Crippen molar-refractivity contribution in [3.63, 3.8) is 0 Å². The monoisotopic (exact) mass is 340 g/mol. The van der Waals surface area contributed by atoms with Gasteiger partial charge in [0.1, 0.15) is 5.75 Å². The number of hydrogen-bond donors (Lipinski definition) is 2. The highest BCUT2D eigenvalue weighted by Crippen LogP contribution is 2.25. The number of carbonyl (C=O) groups is 1. The first-order chi connectivity index (χ1) is 12.3. The van der Waals surface area contributed by atoms with Crippen molar-refractivity contribution in [1.29, 1.82) is 0 Å². The van der Waals surface area contributed by atoms with Gasteiger partial charge in [0.2, 0.25) is 0 Å². The summed E-state index contributed by atoms with van der Waals surface area (Å²) >= 11 is 0. The molecule has 0 bridgehead atoms. The molecule has 0 aliphatic heterocycles. The maximum absolute atomic E-state index is 12.3. The van der Waals surface area contributed by atoms with Crippen LogP contribution in [0.2, 0.25) is 0 Å². The quantitative estimate of drug-likeness (QED) is 0.837. The van der Waals surface area contributed by atoms with E-state index in [4.69, 9.17) is 9.47 Å². The Morgan fingerprint density at radius 2 is 1.84 bits per heavy atom. The number of urea groups is 1. The van der Waals surface area contributed by atoms with Crippen LogP contribution in [0.1, 0.15) is 24.8 Å². The van der Waals surface area contributed by atoms with Crippen molar-refractivity contribution >= 4 is 11.7 Å². The van der Waals surface area contributed by atoms with E-state index >= 15 is 0 Å². The third-order valence-electron chi connectivity index (χ3n) is 4.43. The predicted molar refractivity (Wildman–Crippen MR) is 97.8 cm³/mol. The number of nitrogens with one attached hydrogen (secondary N) is 2. The molecule has 1 aliphatic carbocycles. The van der Waals surface area contributed by atoms with Crippen molar-refractivity contribution in [2.45, 2.75) is 38.0 Å². The Morgan fingerprint density at radius 3 is 2.64 bits per heavy atom. The molecular weight excluding hydrogens is 316 g/mol. The molecule has 2 aromatic rings. The van der Waals surface area contributed by atoms with E-state index in [9.17, 15) is 4.79 Å². The van der Waals surface area contributed by atoms with E-state index in [2.05, 4.69) is 10.6 Å². The van der Waals surface area contributed by atoms with Crippen molar-refractivity contribution in [1.82, 2.24) is 5.32 Å². The summed E-state index contributed by atoms with van der Waals surface area (Å²) in [6.07, 6.45) is 2.99. The van der Waals surface area contributed by atoms with Gasteiger partial charge in [-0.25, -0.2) is 4.79 Å². The van der Waals surface area contributed by atoms with Crippen LogP contribution in [0.3, 0.4) is 0 Å². The van der Waals surface area contributed by atoms with Crippen LogP contribution in [-0.4, -0.2) is 25.3 Å². The van der Waals surface area contributed by atoms with E-state index in [1.54, 1.807) is 7.11 Å². The maximum Gasteiger partial charge on any atom is 0.319 e. The largest absolute Gasteiger partial charge is 0.495 e. The van der Waals surface area contributed by atoms with E-state index in [0.717, 1.165) is 24.8 Å². The van der Waals surface area contributed by atoms with E-state index < -0.39 is 0 Å². The molecule has 2 atom stereocenters. The lowest BCUT2D eigenvalue weighted by Gasteiger charge is -2.22. The molecule has 0 spiro atoms. The minimum absolute atomic E-state index is 0.0263. The van der Waals surface area contributed by atoms with Crippen LogP contribution in [0.25, 0.3) is 0 Å². The Morgan fingerprint density at radius 1 is 1.08 bits per heavy atom. The number of methoxy groups -OCH3 is 1. The molecule has 3 rings (SSSR count). The van der Waals surface area contributed by atoms with Crippen LogP contribution in [-0.2, 0) is 11.3 Å². The number of rotatable bonds is 6. The highest BCUT2D eigenvalue weighted by atomic mass is 16.5. The zero-order valence-corrected chi connectivity index (χ0v) is 14.4. The van der Waals surface area contributed by atoms with E-state index in [1.807, 2.05) is 54.6 Å². The van der Waals surface area contributed by atoms with Crippen molar-refractivity contribution in [3.8, 4) is 5.75 Å². The minimum Gasteiger partial charge on any atom is -0.495 e. The minimum atomic E-state index is -0.232. The standard InChI is InChI=1S/C20H24N2O3/c1-24-18-12-6-5-10-16(18)21-20(23)22-17-11-7-13-19(17)25-14-15-8-3-2-4-9-15/h2-6,8-10,12,17,19H,7,11,13-14H2,1H3,(H2,21,22,23)/t17-,19-/m1/s1. The highest BCUT2D eigenvalue weighted by molar-refractivity contribution is 5.91. The van der Waals surface area contributed by atoms with Crippen molar-refractivity contribution in [3.05, 3.63) is 60.2 Å². The third-order valence-corrected chi connectivity index (χ3v) is 4.43. The molecule has 25 heavy (non-hydrogen) atoms. The molecule has 0 radical (unpaired) electrons. The van der Waals surface area contributed by atoms with Gasteiger partial charge in [-0.05, 0) is 37.0 Å². The van der Waals surface area contributed by atoms with Gasteiger partial charge < -0.3 is 20.1 Å². The summed E-state index contributed by atoms with van der Waals surface area (Å²) in [6, 6.07) is 17.2. The molecule has 2 aromatic carbocycles. The second kappa shape index (κ2) is 8.53. The lowest BCUT2D eigenvalue weighted by molar-refractivity contribution is 0.0305. The number of ether oxygens (including phenoxy) is 2. The summed E-state index contributed by atoms with van der Waals surface area (Å²) in [4.78, 5) is 12.3. The van der Waals surface area contributed by atoms with Gasteiger partial charge in [0.05, 0.1) is 31.5 Å². The molecule has 1 saturated carbocycles. The van der Waals surface area contributed by atoms with Crippen LogP contribution in [0.4, 0.5) is 10.5 Å². The van der Waals surface area contributed by atoms with Crippen LogP contribution >= 0.6 is 0 Å². The van der Waals surface area contributed by atoms with E-state index in [0.29, 0.717) is 18.0 Å². The first-order valence-electron chi connectivity index (χ1n) is 8.62. The molecule has 0 aromatic heterocycles. The summed E-state index contributed by atoms with van der Waals surface area (Å²) < 4.78 is 11.3. The van der Waals surface area contributed by atoms with E-state index in [-0.39, 0.29) is 18.2 Å². The van der Waals surface area contributed by atoms with Gasteiger partial charge in [-0.3, -0.25) is 0 Å². The molecule has 5 heteroatoms. The van der Waals surface area contributed by atoms with Crippen molar-refractivity contribution in [2.24, 2.45) is 0 Å². The van der Waals surface area contributed by atoms with Crippen molar-refractivity contribution in [2.75, 3.05) is 12.4 Å². The smallest absolute Gasteiger partial charge is 0.319 e. The van der Waals surface area contributed by atoms with Gasteiger partial charge in [0.15, 0.2) is 0 Å². The second-order valence-corrected chi connectivity index (χ2v) is 6.17. The van der Waals surface area contributed by atoms with Crippen LogP contribution in [0.15, 0.2) is 54.6 Å². The Hall–Kier alpha value is -2.53. The summed E-state index contributed by atoms with van der Waals surface area (Å²) in [5, 5.41) is 5.89. The number of amides is 2. The molecule has 0 heterocycles. The average molecular weight is 340 g/mol. The number of benzene rings is 2. The molecule has 2 amide bonds. The van der Waals surface area contributed by atoms with Gasteiger partial charge in [0.25, 0.3) is 0 Å². The molecule has 0 unspecified atom stereocenters. The van der Waals surface area contributed by atoms with E-state index in [1.165, 1.54) is 0 Å². The second-order valence-electron chi connectivity index (χ2n) is 6.17. The Bertz CT molecular complexity index is 690. The number of carbonyl (C=O) groups excluding carboxylic acids is 1. The van der Waals surface area contributed by atoms with Crippen LogP contribution in [0.5, 0.6) is 5.75 Å². The normalized spacial score (nSPS) is 19.4. The summed E-state index contributed by atoms with van der Waals surface area (Å²) in [6.45, 7) is 0.567. The fourth-order valence-corrected chi connectivity index (χ4v) is 3.14. The molecule has 1 aliphatic rings. The molecule has 1 fully saturated rings. The van der Waals surface area contributed by atoms with Crippen LogP contribution in [0, 0.1) is 0 Å². The summed E-state index contributed by atoms with van der Waals surface area (Å²) in [5.74, 6) is 0.640. The molecule has 0 saturated heterocycles. The van der Waals surface area contributed by atoms with Crippen LogP contribution < -0.4 is 15.4 Å². The summed E-state index contributed by atoms with van der Waals surface area (Å²) in [5.41, 5.74) is 1.80. The zero-order chi connectivity index (χ0) is 17.5. The SMILES string of the molecule is COc1ccccc1NC(=O)N[C@@H]1CCC[C@H]1OCc1ccccc1. The lowest BCUT2D eigenvalue weighted by Crippen LogP contribution is -2.43. The number of para-hydroxylation sites is 2. The lowest BCUT2D eigenvalue weighted by atomic mass is 10.2. The fraction of sp³-hybridized carbons (Fsp3) is 0.350. The molecular formula is C20H24N2O3. The Labute approximate surface area is 148 Å².